The molecule has 0 saturated carbocycles. The first kappa shape index (κ1) is 12.1. The van der Waals surface area contributed by atoms with Crippen molar-refractivity contribution < 1.29 is 13.5 Å². The van der Waals surface area contributed by atoms with Crippen molar-refractivity contribution in [3.63, 3.8) is 0 Å². The minimum absolute atomic E-state index is 0.149. The van der Waals surface area contributed by atoms with Gasteiger partial charge in [-0.25, -0.2) is 8.78 Å². The van der Waals surface area contributed by atoms with Crippen LogP contribution in [0, 0.1) is 29.9 Å². The quantitative estimate of drug-likeness (QED) is 0.802. The summed E-state index contributed by atoms with van der Waals surface area (Å²) in [6.07, 6.45) is 0. The van der Waals surface area contributed by atoms with E-state index in [1.807, 2.05) is 13.0 Å². The maximum atomic E-state index is 13.0. The van der Waals surface area contributed by atoms with Crippen molar-refractivity contribution in [2.75, 3.05) is 0 Å². The van der Waals surface area contributed by atoms with E-state index in [1.54, 1.807) is 18.2 Å². The number of nitriles is 1. The van der Waals surface area contributed by atoms with Crippen LogP contribution in [-0.4, -0.2) is 0 Å². The number of ether oxygens (including phenoxy) is 1. The number of halogens is 2. The Morgan fingerprint density at radius 2 is 1.83 bits per heavy atom. The Labute approximate surface area is 103 Å². The lowest BCUT2D eigenvalue weighted by Gasteiger charge is -2.08. The topological polar surface area (TPSA) is 33.0 Å². The normalized spacial score (nSPS) is 9.89. The van der Waals surface area contributed by atoms with Gasteiger partial charge in [-0.3, -0.25) is 0 Å². The highest BCUT2D eigenvalue weighted by Gasteiger charge is 2.07. The predicted octanol–water partition coefficient (Wildman–Crippen LogP) is 3.94. The first-order chi connectivity index (χ1) is 8.60. The van der Waals surface area contributed by atoms with Crippen LogP contribution in [0.4, 0.5) is 8.78 Å². The maximum absolute atomic E-state index is 13.0. The molecule has 0 radical (unpaired) electrons. The van der Waals surface area contributed by atoms with Crippen LogP contribution in [-0.2, 0) is 0 Å². The molecule has 0 saturated heterocycles. The summed E-state index contributed by atoms with van der Waals surface area (Å²) in [4.78, 5) is 0. The van der Waals surface area contributed by atoms with Crippen molar-refractivity contribution in [3.8, 4) is 17.6 Å². The fourth-order valence-electron chi connectivity index (χ4n) is 1.47. The van der Waals surface area contributed by atoms with E-state index >= 15 is 0 Å². The summed E-state index contributed by atoms with van der Waals surface area (Å²) < 4.78 is 31.2. The Morgan fingerprint density at radius 3 is 2.50 bits per heavy atom. The molecule has 0 heterocycles. The van der Waals surface area contributed by atoms with Crippen LogP contribution < -0.4 is 4.74 Å². The zero-order valence-corrected chi connectivity index (χ0v) is 9.58. The minimum Gasteiger partial charge on any atom is -0.456 e. The molecule has 2 rings (SSSR count). The zero-order chi connectivity index (χ0) is 13.1. The predicted molar refractivity (Wildman–Crippen MR) is 62.3 cm³/mol. The van der Waals surface area contributed by atoms with E-state index in [-0.39, 0.29) is 5.75 Å². The second-order valence-corrected chi connectivity index (χ2v) is 3.79. The van der Waals surface area contributed by atoms with Crippen LogP contribution in [0.5, 0.6) is 11.5 Å². The molecule has 0 spiro atoms. The molecule has 0 fully saturated rings. The summed E-state index contributed by atoms with van der Waals surface area (Å²) in [6.45, 7) is 1.85. The molecule has 0 atom stereocenters. The molecule has 2 nitrogen and oxygen atoms in total. The molecule has 18 heavy (non-hydrogen) atoms. The van der Waals surface area contributed by atoms with Crippen molar-refractivity contribution >= 4 is 0 Å². The third-order valence-electron chi connectivity index (χ3n) is 2.38. The lowest BCUT2D eigenvalue weighted by Crippen LogP contribution is -1.91. The van der Waals surface area contributed by atoms with Gasteiger partial charge in [0.1, 0.15) is 17.6 Å². The Bertz CT molecular complexity index is 632. The highest BCUT2D eigenvalue weighted by atomic mass is 19.2. The van der Waals surface area contributed by atoms with Gasteiger partial charge in [0.05, 0.1) is 5.56 Å². The first-order valence-corrected chi connectivity index (χ1v) is 5.24. The molecule has 90 valence electrons. The van der Waals surface area contributed by atoms with Gasteiger partial charge in [-0.1, -0.05) is 6.07 Å². The second-order valence-electron chi connectivity index (χ2n) is 3.79. The van der Waals surface area contributed by atoms with Crippen molar-refractivity contribution in [2.45, 2.75) is 6.92 Å². The average Bonchev–Trinajstić information content (AvgIpc) is 2.34. The molecule has 0 unspecified atom stereocenters. The third-order valence-corrected chi connectivity index (χ3v) is 2.38. The van der Waals surface area contributed by atoms with Crippen LogP contribution >= 0.6 is 0 Å². The van der Waals surface area contributed by atoms with Crippen LogP contribution in [0.25, 0.3) is 0 Å². The highest BCUT2D eigenvalue weighted by Crippen LogP contribution is 2.27. The van der Waals surface area contributed by atoms with Crippen LogP contribution in [0.3, 0.4) is 0 Å². The summed E-state index contributed by atoms with van der Waals surface area (Å²) in [6, 6.07) is 10.3. The molecule has 4 heteroatoms. The molecular weight excluding hydrogens is 236 g/mol. The van der Waals surface area contributed by atoms with Crippen LogP contribution in [0.15, 0.2) is 36.4 Å². The molecule has 0 N–H and O–H groups in total. The summed E-state index contributed by atoms with van der Waals surface area (Å²) in [7, 11) is 0. The number of hydrogen-bond donors (Lipinski definition) is 0. The third kappa shape index (κ3) is 2.46. The van der Waals surface area contributed by atoms with E-state index in [1.165, 1.54) is 6.07 Å². The van der Waals surface area contributed by atoms with Gasteiger partial charge in [-0.2, -0.15) is 5.26 Å². The summed E-state index contributed by atoms with van der Waals surface area (Å²) >= 11 is 0. The van der Waals surface area contributed by atoms with E-state index in [9.17, 15) is 8.78 Å². The lowest BCUT2D eigenvalue weighted by atomic mass is 10.1. The summed E-state index contributed by atoms with van der Waals surface area (Å²) in [5.41, 5.74) is 1.25. The van der Waals surface area contributed by atoms with Crippen molar-refractivity contribution in [1.29, 1.82) is 5.26 Å². The Hall–Kier alpha value is -2.41. The average molecular weight is 245 g/mol. The maximum Gasteiger partial charge on any atom is 0.162 e. The number of aryl methyl sites for hydroxylation is 1. The van der Waals surface area contributed by atoms with E-state index in [2.05, 4.69) is 0 Å². The summed E-state index contributed by atoms with van der Waals surface area (Å²) in [5, 5.41) is 8.92. The van der Waals surface area contributed by atoms with Gasteiger partial charge in [0.25, 0.3) is 0 Å². The number of benzene rings is 2. The molecule has 2 aromatic rings. The van der Waals surface area contributed by atoms with Gasteiger partial charge in [-0.15, -0.1) is 0 Å². The number of hydrogen-bond acceptors (Lipinski definition) is 2. The van der Waals surface area contributed by atoms with Gasteiger partial charge in [0.2, 0.25) is 0 Å². The van der Waals surface area contributed by atoms with E-state index in [4.69, 9.17) is 10.00 Å². The van der Waals surface area contributed by atoms with Crippen molar-refractivity contribution in [2.24, 2.45) is 0 Å². The molecule has 0 amide bonds. The monoisotopic (exact) mass is 245 g/mol. The fourth-order valence-corrected chi connectivity index (χ4v) is 1.47. The molecule has 2 aromatic carbocycles. The standard InChI is InChI=1S/C14H9F2NO/c1-9-2-3-10(8-17)14(6-9)18-11-4-5-12(15)13(16)7-11/h2-7H,1H3. The molecule has 0 aliphatic rings. The highest BCUT2D eigenvalue weighted by molar-refractivity contribution is 5.47. The van der Waals surface area contributed by atoms with Crippen molar-refractivity contribution in [3.05, 3.63) is 59.2 Å². The van der Waals surface area contributed by atoms with E-state index in [0.29, 0.717) is 11.3 Å². The second kappa shape index (κ2) is 4.84. The van der Waals surface area contributed by atoms with E-state index in [0.717, 1.165) is 17.7 Å². The minimum atomic E-state index is -0.987. The van der Waals surface area contributed by atoms with Crippen LogP contribution in [0.1, 0.15) is 11.1 Å². The molecule has 0 bridgehead atoms. The summed E-state index contributed by atoms with van der Waals surface area (Å²) in [5.74, 6) is -1.45. The van der Waals surface area contributed by atoms with Gasteiger partial charge < -0.3 is 4.74 Å². The van der Waals surface area contributed by atoms with Crippen LogP contribution in [0.2, 0.25) is 0 Å². The molecule has 0 aromatic heterocycles. The Kier molecular flexibility index (Phi) is 3.24. The smallest absolute Gasteiger partial charge is 0.162 e. The Morgan fingerprint density at radius 1 is 1.06 bits per heavy atom. The lowest BCUT2D eigenvalue weighted by molar-refractivity contribution is 0.460. The van der Waals surface area contributed by atoms with Gasteiger partial charge in [-0.05, 0) is 36.8 Å². The molecular formula is C14H9F2NO. The fraction of sp³-hybridized carbons (Fsp3) is 0.0714. The van der Waals surface area contributed by atoms with Gasteiger partial charge >= 0.3 is 0 Å². The molecule has 0 aliphatic carbocycles. The Balaban J connectivity index is 2.36. The molecule has 0 aliphatic heterocycles. The number of rotatable bonds is 2. The number of nitrogens with zero attached hydrogens (tertiary/aromatic N) is 1. The SMILES string of the molecule is Cc1ccc(C#N)c(Oc2ccc(F)c(F)c2)c1. The van der Waals surface area contributed by atoms with Gasteiger partial charge in [0, 0.05) is 6.07 Å². The van der Waals surface area contributed by atoms with E-state index < -0.39 is 11.6 Å². The zero-order valence-electron chi connectivity index (χ0n) is 9.58. The van der Waals surface area contributed by atoms with Crippen molar-refractivity contribution in [1.82, 2.24) is 0 Å². The first-order valence-electron chi connectivity index (χ1n) is 5.24. The largest absolute Gasteiger partial charge is 0.456 e. The van der Waals surface area contributed by atoms with Gasteiger partial charge in [0.15, 0.2) is 11.6 Å².